The van der Waals surface area contributed by atoms with E-state index in [-0.39, 0.29) is 23.1 Å². The Balaban J connectivity index is 0.000000877. The van der Waals surface area contributed by atoms with Crippen LogP contribution in [0.2, 0.25) is 0 Å². The highest BCUT2D eigenvalue weighted by Gasteiger charge is 2.25. The lowest BCUT2D eigenvalue weighted by atomic mass is 10.2. The van der Waals surface area contributed by atoms with Crippen molar-refractivity contribution in [3.8, 4) is 5.75 Å². The SMILES string of the molecule is CC(C)(C)O.CN(CCOc1cccc2cc(S(=O)(=O)c3ccccc3)n(C=O)c12)C(=O)OC(C)(C)C. The van der Waals surface area contributed by atoms with E-state index < -0.39 is 27.1 Å². The highest BCUT2D eigenvalue weighted by molar-refractivity contribution is 7.91. The maximum absolute atomic E-state index is 13.1. The Bertz CT molecular complexity index is 1310. The number of likely N-dealkylation sites (N-methyl/N-ethyl adjacent to an activating group) is 1. The van der Waals surface area contributed by atoms with Gasteiger partial charge < -0.3 is 19.5 Å². The average Bonchev–Trinajstić information content (AvgIpc) is 3.18. The van der Waals surface area contributed by atoms with Crippen molar-refractivity contribution in [2.45, 2.75) is 62.7 Å². The molecule has 1 N–H and O–H groups in total. The number of carbonyl (C=O) groups is 2. The molecule has 3 aromatic rings. The van der Waals surface area contributed by atoms with Gasteiger partial charge in [-0.15, -0.1) is 0 Å². The van der Waals surface area contributed by atoms with Crippen molar-refractivity contribution >= 4 is 33.2 Å². The number of hydrogen-bond donors (Lipinski definition) is 1. The fourth-order valence-corrected chi connectivity index (χ4v) is 4.53. The fraction of sp³-hybridized carbons (Fsp3) is 0.407. The van der Waals surface area contributed by atoms with Crippen molar-refractivity contribution in [3.05, 3.63) is 54.6 Å². The number of benzene rings is 2. The van der Waals surface area contributed by atoms with E-state index in [4.69, 9.17) is 14.6 Å². The Morgan fingerprint density at radius 2 is 1.62 bits per heavy atom. The van der Waals surface area contributed by atoms with Crippen LogP contribution in [0.15, 0.2) is 64.5 Å². The summed E-state index contributed by atoms with van der Waals surface area (Å²) in [6.45, 7) is 10.9. The minimum Gasteiger partial charge on any atom is -0.490 e. The molecule has 0 fully saturated rings. The first kappa shape index (κ1) is 29.9. The monoisotopic (exact) mass is 532 g/mol. The molecule has 0 bridgehead atoms. The van der Waals surface area contributed by atoms with Gasteiger partial charge in [0.25, 0.3) is 0 Å². The first-order valence-corrected chi connectivity index (χ1v) is 13.2. The van der Waals surface area contributed by atoms with Gasteiger partial charge in [-0.25, -0.2) is 13.2 Å². The second kappa shape index (κ2) is 11.8. The number of carbonyl (C=O) groups excluding carboxylic acids is 2. The Labute approximate surface area is 218 Å². The lowest BCUT2D eigenvalue weighted by Gasteiger charge is -2.24. The van der Waals surface area contributed by atoms with Crippen LogP contribution in [0.25, 0.3) is 10.9 Å². The van der Waals surface area contributed by atoms with E-state index in [1.165, 1.54) is 23.1 Å². The number of amides is 1. The Hall–Kier alpha value is -3.37. The second-order valence-corrected chi connectivity index (χ2v) is 12.3. The van der Waals surface area contributed by atoms with Gasteiger partial charge >= 0.3 is 6.09 Å². The average molecular weight is 533 g/mol. The number of nitrogens with zero attached hydrogens (tertiary/aromatic N) is 2. The number of sulfone groups is 1. The van der Waals surface area contributed by atoms with Gasteiger partial charge in [0.15, 0.2) is 0 Å². The van der Waals surface area contributed by atoms with Crippen molar-refractivity contribution in [2.75, 3.05) is 20.2 Å². The third-order valence-corrected chi connectivity index (χ3v) is 6.37. The number of rotatable bonds is 7. The van der Waals surface area contributed by atoms with Crippen molar-refractivity contribution in [2.24, 2.45) is 0 Å². The van der Waals surface area contributed by atoms with Gasteiger partial charge in [-0.05, 0) is 65.8 Å². The summed E-state index contributed by atoms with van der Waals surface area (Å²) < 4.78 is 38.4. The predicted octanol–water partition coefficient (Wildman–Crippen LogP) is 4.54. The quantitative estimate of drug-likeness (QED) is 0.444. The largest absolute Gasteiger partial charge is 0.490 e. The number of para-hydroxylation sites is 1. The van der Waals surface area contributed by atoms with Gasteiger partial charge in [-0.3, -0.25) is 9.36 Å². The van der Waals surface area contributed by atoms with Crippen molar-refractivity contribution in [1.29, 1.82) is 0 Å². The summed E-state index contributed by atoms with van der Waals surface area (Å²) in [4.78, 5) is 25.5. The molecule has 0 saturated heterocycles. The molecule has 0 radical (unpaired) electrons. The molecule has 1 amide bonds. The zero-order valence-electron chi connectivity index (χ0n) is 22.4. The molecule has 0 aliphatic carbocycles. The molecule has 0 unspecified atom stereocenters. The van der Waals surface area contributed by atoms with Crippen LogP contribution in [-0.2, 0) is 19.4 Å². The van der Waals surface area contributed by atoms with E-state index in [1.54, 1.807) is 85.0 Å². The molecule has 0 aliphatic rings. The summed E-state index contributed by atoms with van der Waals surface area (Å²) in [6, 6.07) is 14.4. The molecular weight excluding hydrogens is 496 g/mol. The molecule has 0 aliphatic heterocycles. The van der Waals surface area contributed by atoms with Gasteiger partial charge in [-0.2, -0.15) is 0 Å². The van der Waals surface area contributed by atoms with Crippen LogP contribution in [0.1, 0.15) is 41.5 Å². The van der Waals surface area contributed by atoms with Crippen LogP contribution in [0.3, 0.4) is 0 Å². The molecular formula is C27H36N2O7S. The highest BCUT2D eigenvalue weighted by atomic mass is 32.2. The van der Waals surface area contributed by atoms with Crippen molar-refractivity contribution in [1.82, 2.24) is 9.47 Å². The van der Waals surface area contributed by atoms with E-state index in [0.717, 1.165) is 4.57 Å². The maximum Gasteiger partial charge on any atom is 0.410 e. The second-order valence-electron chi connectivity index (χ2n) is 10.4. The molecule has 3 rings (SSSR count). The predicted molar refractivity (Wildman–Crippen MR) is 142 cm³/mol. The van der Waals surface area contributed by atoms with Crippen LogP contribution in [0.4, 0.5) is 4.79 Å². The summed E-state index contributed by atoms with van der Waals surface area (Å²) in [5.74, 6) is 0.335. The van der Waals surface area contributed by atoms with Crippen LogP contribution >= 0.6 is 0 Å². The number of fused-ring (bicyclic) bond motifs is 1. The van der Waals surface area contributed by atoms with Crippen LogP contribution < -0.4 is 4.74 Å². The van der Waals surface area contributed by atoms with Gasteiger partial charge in [0.05, 0.1) is 22.6 Å². The summed E-state index contributed by atoms with van der Waals surface area (Å²) in [7, 11) is -2.32. The summed E-state index contributed by atoms with van der Waals surface area (Å²) in [5, 5.41) is 8.92. The van der Waals surface area contributed by atoms with Crippen LogP contribution in [0.5, 0.6) is 5.75 Å². The van der Waals surface area contributed by atoms with E-state index in [1.807, 2.05) is 0 Å². The lowest BCUT2D eigenvalue weighted by molar-refractivity contribution is 0.0278. The van der Waals surface area contributed by atoms with Gasteiger partial charge in [0.1, 0.15) is 23.0 Å². The third-order valence-electron chi connectivity index (χ3n) is 4.61. The molecule has 1 aromatic heterocycles. The van der Waals surface area contributed by atoms with E-state index in [9.17, 15) is 18.0 Å². The molecule has 2 aromatic carbocycles. The van der Waals surface area contributed by atoms with Gasteiger partial charge in [0.2, 0.25) is 16.2 Å². The third kappa shape index (κ3) is 8.61. The Kier molecular flexibility index (Phi) is 9.51. The summed E-state index contributed by atoms with van der Waals surface area (Å²) in [6.07, 6.45) is -0.0236. The normalized spacial score (nSPS) is 11.9. The minimum atomic E-state index is -3.92. The van der Waals surface area contributed by atoms with E-state index in [0.29, 0.717) is 23.1 Å². The van der Waals surface area contributed by atoms with Crippen molar-refractivity contribution in [3.63, 3.8) is 0 Å². The zero-order chi connectivity index (χ0) is 28.0. The minimum absolute atomic E-state index is 0.0901. The highest BCUT2D eigenvalue weighted by Crippen LogP contribution is 2.32. The molecule has 0 atom stereocenters. The van der Waals surface area contributed by atoms with Crippen LogP contribution in [-0.4, -0.2) is 66.9 Å². The van der Waals surface area contributed by atoms with Crippen molar-refractivity contribution < 1.29 is 32.6 Å². The standard InChI is InChI=1S/C23H26N2O6S.C4H10O/c1-23(2,3)31-22(27)24(4)13-14-30-19-12-8-9-17-15-20(25(16-26)21(17)19)32(28,29)18-10-6-5-7-11-18;1-4(2,3)5/h5-12,15-16H,13-14H2,1-4H3;5H,1-3H3. The smallest absolute Gasteiger partial charge is 0.410 e. The van der Waals surface area contributed by atoms with Gasteiger partial charge in [-0.1, -0.05) is 30.3 Å². The molecule has 0 spiro atoms. The molecule has 37 heavy (non-hydrogen) atoms. The molecule has 1 heterocycles. The first-order valence-electron chi connectivity index (χ1n) is 11.7. The Morgan fingerprint density at radius 1 is 1.03 bits per heavy atom. The number of aliphatic hydroxyl groups is 1. The lowest BCUT2D eigenvalue weighted by Crippen LogP contribution is -2.36. The number of aromatic nitrogens is 1. The Morgan fingerprint density at radius 3 is 2.16 bits per heavy atom. The van der Waals surface area contributed by atoms with Crippen LogP contribution in [0, 0.1) is 0 Å². The summed E-state index contributed by atoms with van der Waals surface area (Å²) in [5.41, 5.74) is -0.764. The van der Waals surface area contributed by atoms with E-state index >= 15 is 0 Å². The first-order chi connectivity index (χ1) is 17.0. The zero-order valence-corrected chi connectivity index (χ0v) is 23.2. The van der Waals surface area contributed by atoms with Gasteiger partial charge in [0, 0.05) is 12.4 Å². The molecule has 10 heteroatoms. The number of ether oxygens (including phenoxy) is 2. The summed E-state index contributed by atoms with van der Waals surface area (Å²) >= 11 is 0. The molecule has 9 nitrogen and oxygen atoms in total. The number of hydrogen-bond acceptors (Lipinski definition) is 7. The fourth-order valence-electron chi connectivity index (χ4n) is 3.10. The topological polar surface area (TPSA) is 115 Å². The molecule has 0 saturated carbocycles. The maximum atomic E-state index is 13.1. The molecule has 202 valence electrons. The van der Waals surface area contributed by atoms with E-state index in [2.05, 4.69) is 0 Å².